The summed E-state index contributed by atoms with van der Waals surface area (Å²) in [6, 6.07) is 0. The van der Waals surface area contributed by atoms with Crippen molar-refractivity contribution in [2.45, 2.75) is 97.3 Å². The Balaban J connectivity index is 4.85. The molecular formula is C18H42O3Si2. The van der Waals surface area contributed by atoms with E-state index in [1.165, 1.54) is 0 Å². The van der Waals surface area contributed by atoms with Crippen LogP contribution in [0.15, 0.2) is 0 Å². The molecule has 0 saturated heterocycles. The third-order valence-corrected chi connectivity index (χ3v) is 14.9. The average molecular weight is 363 g/mol. The van der Waals surface area contributed by atoms with E-state index in [9.17, 15) is 5.11 Å². The zero-order chi connectivity index (χ0) is 18.7. The molecule has 0 aromatic rings. The monoisotopic (exact) mass is 362 g/mol. The van der Waals surface area contributed by atoms with Crippen LogP contribution in [-0.4, -0.2) is 41.1 Å². The Morgan fingerprint density at radius 3 is 1.65 bits per heavy atom. The molecule has 0 aromatic carbocycles. The van der Waals surface area contributed by atoms with Gasteiger partial charge in [0, 0.05) is 19.1 Å². The van der Waals surface area contributed by atoms with E-state index in [1.54, 1.807) is 0 Å². The molecule has 0 saturated carbocycles. The number of rotatable bonds is 8. The van der Waals surface area contributed by atoms with Crippen LogP contribution in [-0.2, 0) is 8.85 Å². The zero-order valence-corrected chi connectivity index (χ0v) is 19.5. The fourth-order valence-corrected chi connectivity index (χ4v) is 4.30. The van der Waals surface area contributed by atoms with Crippen LogP contribution >= 0.6 is 0 Å². The Labute approximate surface area is 147 Å². The van der Waals surface area contributed by atoms with Gasteiger partial charge in [0.1, 0.15) is 0 Å². The van der Waals surface area contributed by atoms with Gasteiger partial charge in [0.05, 0.1) is 6.10 Å². The minimum absolute atomic E-state index is 0.0747. The third-order valence-electron chi connectivity index (χ3n) is 5.85. The standard InChI is InChI=1S/C18H42O3Si2/c1-15(14-19)16(21-23(10,11)18(5,6)7)12-13-20-22(8,9)17(2,3)4/h15-16,19H,12-14H2,1-11H3/t15-,16-/m0/s1. The van der Waals surface area contributed by atoms with E-state index >= 15 is 0 Å². The van der Waals surface area contributed by atoms with Crippen molar-refractivity contribution in [3.8, 4) is 0 Å². The topological polar surface area (TPSA) is 38.7 Å². The van der Waals surface area contributed by atoms with Crippen LogP contribution in [0.2, 0.25) is 36.3 Å². The van der Waals surface area contributed by atoms with E-state index in [-0.39, 0.29) is 28.7 Å². The molecule has 0 aliphatic rings. The molecule has 0 radical (unpaired) electrons. The Hall–Kier alpha value is 0.314. The number of hydrogen-bond donors (Lipinski definition) is 1. The highest BCUT2D eigenvalue weighted by Gasteiger charge is 2.41. The SMILES string of the molecule is C[C@@H](CO)[C@H](CCO[Si](C)(C)C(C)(C)C)O[Si](C)(C)C(C)(C)C. The van der Waals surface area contributed by atoms with Crippen LogP contribution in [0.5, 0.6) is 0 Å². The smallest absolute Gasteiger partial charge is 0.192 e. The molecule has 0 aliphatic carbocycles. The van der Waals surface area contributed by atoms with Gasteiger partial charge in [0.15, 0.2) is 16.6 Å². The lowest BCUT2D eigenvalue weighted by atomic mass is 10.0. The van der Waals surface area contributed by atoms with Gasteiger partial charge >= 0.3 is 0 Å². The van der Waals surface area contributed by atoms with E-state index in [2.05, 4.69) is 74.7 Å². The van der Waals surface area contributed by atoms with Gasteiger partial charge in [-0.25, -0.2) is 0 Å². The highest BCUT2D eigenvalue weighted by molar-refractivity contribution is 6.74. The van der Waals surface area contributed by atoms with Gasteiger partial charge in [-0.15, -0.1) is 0 Å². The Kier molecular flexibility index (Phi) is 8.24. The molecule has 0 heterocycles. The molecule has 2 atom stereocenters. The summed E-state index contributed by atoms with van der Waals surface area (Å²) in [6.45, 7) is 25.6. The first-order valence-electron chi connectivity index (χ1n) is 8.98. The van der Waals surface area contributed by atoms with E-state index in [0.717, 1.165) is 13.0 Å². The maximum atomic E-state index is 9.60. The van der Waals surface area contributed by atoms with Gasteiger partial charge in [-0.3, -0.25) is 0 Å². The number of aliphatic hydroxyl groups excluding tert-OH is 1. The summed E-state index contributed by atoms with van der Waals surface area (Å²) in [4.78, 5) is 0. The molecule has 0 unspecified atom stereocenters. The molecule has 3 nitrogen and oxygen atoms in total. The van der Waals surface area contributed by atoms with Crippen LogP contribution in [0.4, 0.5) is 0 Å². The number of aliphatic hydroxyl groups is 1. The molecule has 0 aromatic heterocycles. The lowest BCUT2D eigenvalue weighted by molar-refractivity contribution is 0.0654. The van der Waals surface area contributed by atoms with Crippen molar-refractivity contribution in [3.05, 3.63) is 0 Å². The fraction of sp³-hybridized carbons (Fsp3) is 1.00. The maximum Gasteiger partial charge on any atom is 0.192 e. The fourth-order valence-electron chi connectivity index (χ4n) is 1.78. The first-order valence-corrected chi connectivity index (χ1v) is 14.8. The van der Waals surface area contributed by atoms with E-state index in [0.29, 0.717) is 0 Å². The van der Waals surface area contributed by atoms with E-state index in [4.69, 9.17) is 8.85 Å². The lowest BCUT2D eigenvalue weighted by Gasteiger charge is -2.41. The van der Waals surface area contributed by atoms with Crippen molar-refractivity contribution >= 4 is 16.6 Å². The molecule has 23 heavy (non-hydrogen) atoms. The van der Waals surface area contributed by atoms with E-state index in [1.807, 2.05) is 0 Å². The van der Waals surface area contributed by atoms with Crippen molar-refractivity contribution in [2.24, 2.45) is 5.92 Å². The number of hydrogen-bond acceptors (Lipinski definition) is 3. The summed E-state index contributed by atoms with van der Waals surface area (Å²) in [7, 11) is -3.55. The molecule has 0 spiro atoms. The lowest BCUT2D eigenvalue weighted by Crippen LogP contribution is -2.47. The Morgan fingerprint density at radius 2 is 1.30 bits per heavy atom. The van der Waals surface area contributed by atoms with Crippen molar-refractivity contribution in [2.75, 3.05) is 13.2 Å². The average Bonchev–Trinajstić information content (AvgIpc) is 2.33. The van der Waals surface area contributed by atoms with Crippen molar-refractivity contribution < 1.29 is 14.0 Å². The van der Waals surface area contributed by atoms with Gasteiger partial charge < -0.3 is 14.0 Å². The summed E-state index contributed by atoms with van der Waals surface area (Å²) >= 11 is 0. The molecule has 5 heteroatoms. The molecule has 0 rings (SSSR count). The second-order valence-electron chi connectivity index (χ2n) is 9.97. The summed E-state index contributed by atoms with van der Waals surface area (Å²) in [5.41, 5.74) is 0. The third kappa shape index (κ3) is 6.98. The second kappa shape index (κ2) is 8.13. The minimum Gasteiger partial charge on any atom is -0.417 e. The summed E-state index contributed by atoms with van der Waals surface area (Å²) in [6.07, 6.45) is 0.937. The Bertz CT molecular complexity index is 354. The van der Waals surface area contributed by atoms with Crippen molar-refractivity contribution in [3.63, 3.8) is 0 Å². The first-order chi connectivity index (χ1) is 10.0. The van der Waals surface area contributed by atoms with Crippen LogP contribution in [0, 0.1) is 5.92 Å². The van der Waals surface area contributed by atoms with Crippen LogP contribution in [0.1, 0.15) is 54.9 Å². The summed E-state index contributed by atoms with van der Waals surface area (Å²) in [5, 5.41) is 10.0. The highest BCUT2D eigenvalue weighted by Crippen LogP contribution is 2.39. The molecule has 1 N–H and O–H groups in total. The predicted molar refractivity (Wildman–Crippen MR) is 106 cm³/mol. The summed E-state index contributed by atoms with van der Waals surface area (Å²) in [5.74, 6) is 0.146. The zero-order valence-electron chi connectivity index (χ0n) is 17.5. The molecule has 0 aliphatic heterocycles. The molecule has 140 valence electrons. The van der Waals surface area contributed by atoms with Gasteiger partial charge in [-0.2, -0.15) is 0 Å². The molecular weight excluding hydrogens is 320 g/mol. The van der Waals surface area contributed by atoms with Crippen LogP contribution in [0.25, 0.3) is 0 Å². The van der Waals surface area contributed by atoms with Crippen molar-refractivity contribution in [1.29, 1.82) is 0 Å². The first kappa shape index (κ1) is 23.3. The van der Waals surface area contributed by atoms with Crippen molar-refractivity contribution in [1.82, 2.24) is 0 Å². The van der Waals surface area contributed by atoms with Gasteiger partial charge in [0.25, 0.3) is 0 Å². The van der Waals surface area contributed by atoms with Gasteiger partial charge in [-0.1, -0.05) is 48.5 Å². The Morgan fingerprint density at radius 1 is 0.870 bits per heavy atom. The predicted octanol–water partition coefficient (Wildman–Crippen LogP) is 5.42. The van der Waals surface area contributed by atoms with Crippen LogP contribution in [0.3, 0.4) is 0 Å². The largest absolute Gasteiger partial charge is 0.417 e. The highest BCUT2D eigenvalue weighted by atomic mass is 28.4. The maximum absolute atomic E-state index is 9.60. The van der Waals surface area contributed by atoms with E-state index < -0.39 is 16.6 Å². The molecule has 0 fully saturated rings. The minimum atomic E-state index is -1.83. The molecule has 0 bridgehead atoms. The quantitative estimate of drug-likeness (QED) is 0.586. The summed E-state index contributed by atoms with van der Waals surface area (Å²) < 4.78 is 12.9. The normalized spacial score (nSPS) is 17.2. The second-order valence-corrected chi connectivity index (χ2v) is 19.5. The van der Waals surface area contributed by atoms with Gasteiger partial charge in [0.2, 0.25) is 0 Å². The molecule has 0 amide bonds. The van der Waals surface area contributed by atoms with Crippen LogP contribution < -0.4 is 0 Å². The van der Waals surface area contributed by atoms with Gasteiger partial charge in [-0.05, 0) is 42.7 Å².